The first-order chi connectivity index (χ1) is 20.6. The number of carbonyl (C=O) groups is 1. The van der Waals surface area contributed by atoms with Gasteiger partial charge in [-0.25, -0.2) is 4.79 Å². The average Bonchev–Trinajstić information content (AvgIpc) is 3.41. The minimum atomic E-state index is -0.500. The highest BCUT2D eigenvalue weighted by Gasteiger charge is 2.48. The molecule has 4 heteroatoms. The number of hydrogen-bond acceptors (Lipinski definition) is 3. The topological polar surface area (TPSA) is 50.4 Å². The Bertz CT molecular complexity index is 1230. The number of rotatable bonds is 8. The van der Waals surface area contributed by atoms with Gasteiger partial charge in [0.1, 0.15) is 6.10 Å². The van der Waals surface area contributed by atoms with Crippen molar-refractivity contribution in [1.29, 1.82) is 0 Å². The summed E-state index contributed by atoms with van der Waals surface area (Å²) in [6, 6.07) is 27.7. The Labute approximate surface area is 267 Å². The molecular formula is C40H56N2O2. The van der Waals surface area contributed by atoms with Crippen LogP contribution < -0.4 is 10.6 Å². The van der Waals surface area contributed by atoms with E-state index in [0.717, 1.165) is 12.8 Å². The minimum Gasteiger partial charge on any atom is -0.445 e. The lowest BCUT2D eigenvalue weighted by Gasteiger charge is -2.42. The van der Waals surface area contributed by atoms with Gasteiger partial charge < -0.3 is 15.4 Å². The van der Waals surface area contributed by atoms with E-state index in [4.69, 9.17) is 4.74 Å². The lowest BCUT2D eigenvalue weighted by molar-refractivity contribution is 0.105. The Morgan fingerprint density at radius 1 is 0.682 bits per heavy atom. The van der Waals surface area contributed by atoms with Gasteiger partial charge in [-0.1, -0.05) is 148 Å². The Kier molecular flexibility index (Phi) is 10.0. The number of ether oxygens (including phenoxy) is 1. The molecule has 1 amide bonds. The molecule has 0 bridgehead atoms. The second-order valence-electron chi connectivity index (χ2n) is 15.8. The van der Waals surface area contributed by atoms with Crippen LogP contribution in [0, 0.1) is 0 Å². The van der Waals surface area contributed by atoms with Crippen molar-refractivity contribution in [1.82, 2.24) is 10.6 Å². The largest absolute Gasteiger partial charge is 0.445 e. The van der Waals surface area contributed by atoms with Gasteiger partial charge in [-0.15, -0.1) is 0 Å². The van der Waals surface area contributed by atoms with Crippen LogP contribution in [0.5, 0.6) is 0 Å². The maximum Gasteiger partial charge on any atom is 0.407 e. The molecule has 238 valence electrons. The van der Waals surface area contributed by atoms with Crippen molar-refractivity contribution >= 4 is 6.09 Å². The molecule has 1 saturated heterocycles. The smallest absolute Gasteiger partial charge is 0.407 e. The molecule has 44 heavy (non-hydrogen) atoms. The third-order valence-corrected chi connectivity index (χ3v) is 9.31. The number of amides is 1. The Hall–Kier alpha value is -3.11. The van der Waals surface area contributed by atoms with Gasteiger partial charge >= 0.3 is 6.09 Å². The molecule has 1 heterocycles. The molecule has 1 unspecified atom stereocenters. The van der Waals surface area contributed by atoms with E-state index < -0.39 is 5.41 Å². The molecule has 1 fully saturated rings. The van der Waals surface area contributed by atoms with E-state index in [2.05, 4.69) is 153 Å². The van der Waals surface area contributed by atoms with Crippen LogP contribution in [0.4, 0.5) is 4.79 Å². The monoisotopic (exact) mass is 596 g/mol. The summed E-state index contributed by atoms with van der Waals surface area (Å²) in [5, 5.41) is 6.78. The summed E-state index contributed by atoms with van der Waals surface area (Å²) in [7, 11) is 0. The quantitative estimate of drug-likeness (QED) is 0.201. The zero-order chi connectivity index (χ0) is 32.3. The van der Waals surface area contributed by atoms with Crippen molar-refractivity contribution in [3.8, 4) is 0 Å². The second kappa shape index (κ2) is 13.1. The van der Waals surface area contributed by atoms with Crippen LogP contribution in [0.3, 0.4) is 0 Å². The standard InChI is InChI=1S/C40H56N2O2/c1-11-12-25-41-36(43)44-34-26-35(42-27-34)40(31-19-13-28(14-20-31)37(2,3)4,32-21-15-29(16-22-32)38(5,6)7)33-23-17-30(18-24-33)39(8,9)10/h13-24,34-35,42H,11-12,25-27H2,1-10H3,(H,41,43)/t34-,35?/m1/s1. The van der Waals surface area contributed by atoms with Gasteiger partial charge in [-0.05, 0) is 56.0 Å². The molecular weight excluding hydrogens is 540 g/mol. The molecule has 3 aromatic carbocycles. The number of benzene rings is 3. The summed E-state index contributed by atoms with van der Waals surface area (Å²) in [5.41, 5.74) is 7.31. The van der Waals surface area contributed by atoms with Crippen molar-refractivity contribution in [3.05, 3.63) is 106 Å². The Morgan fingerprint density at radius 2 is 1.05 bits per heavy atom. The Morgan fingerprint density at radius 3 is 1.39 bits per heavy atom. The maximum atomic E-state index is 12.7. The van der Waals surface area contributed by atoms with Gasteiger partial charge in [-0.3, -0.25) is 0 Å². The van der Waals surface area contributed by atoms with Gasteiger partial charge in [-0.2, -0.15) is 0 Å². The number of alkyl carbamates (subject to hydrolysis) is 1. The van der Waals surface area contributed by atoms with E-state index in [0.29, 0.717) is 19.5 Å². The lowest BCUT2D eigenvalue weighted by atomic mass is 9.63. The highest BCUT2D eigenvalue weighted by molar-refractivity contribution is 5.67. The molecule has 0 aromatic heterocycles. The predicted octanol–water partition coefficient (Wildman–Crippen LogP) is 9.17. The van der Waals surface area contributed by atoms with Crippen LogP contribution in [0.25, 0.3) is 0 Å². The van der Waals surface area contributed by atoms with Crippen molar-refractivity contribution < 1.29 is 9.53 Å². The highest BCUT2D eigenvalue weighted by Crippen LogP contribution is 2.46. The number of unbranched alkanes of at least 4 members (excludes halogenated alkanes) is 1. The molecule has 1 aliphatic rings. The first-order valence-electron chi connectivity index (χ1n) is 16.6. The van der Waals surface area contributed by atoms with Gasteiger partial charge in [0.05, 0.1) is 5.41 Å². The molecule has 0 saturated carbocycles. The highest BCUT2D eigenvalue weighted by atomic mass is 16.6. The van der Waals surface area contributed by atoms with Crippen LogP contribution in [0.1, 0.15) is 122 Å². The first-order valence-corrected chi connectivity index (χ1v) is 16.6. The number of carbonyl (C=O) groups excluding carboxylic acids is 1. The third-order valence-electron chi connectivity index (χ3n) is 9.31. The normalized spacial score (nSPS) is 17.9. The minimum absolute atomic E-state index is 0.0115. The summed E-state index contributed by atoms with van der Waals surface area (Å²) < 4.78 is 5.97. The molecule has 3 aromatic rings. The SMILES string of the molecule is CCCCNC(=O)O[C@H]1CNC(C(c2ccc(C(C)(C)C)cc2)(c2ccc(C(C)(C)C)cc2)c2ccc(C(C)(C)C)cc2)C1. The average molecular weight is 597 g/mol. The fourth-order valence-corrected chi connectivity index (χ4v) is 6.49. The zero-order valence-electron chi connectivity index (χ0n) is 28.9. The zero-order valence-corrected chi connectivity index (χ0v) is 28.9. The molecule has 4 rings (SSSR count). The summed E-state index contributed by atoms with van der Waals surface area (Å²) >= 11 is 0. The molecule has 0 aliphatic carbocycles. The van der Waals surface area contributed by atoms with Crippen LogP contribution >= 0.6 is 0 Å². The molecule has 0 radical (unpaired) electrons. The summed E-state index contributed by atoms with van der Waals surface area (Å²) in [4.78, 5) is 12.7. The molecule has 2 N–H and O–H groups in total. The second-order valence-corrected chi connectivity index (χ2v) is 15.8. The van der Waals surface area contributed by atoms with E-state index in [1.54, 1.807) is 0 Å². The van der Waals surface area contributed by atoms with Crippen molar-refractivity contribution in [2.45, 2.75) is 122 Å². The fraction of sp³-hybridized carbons (Fsp3) is 0.525. The summed E-state index contributed by atoms with van der Waals surface area (Å²) in [6.07, 6.45) is 2.16. The van der Waals surface area contributed by atoms with Crippen LogP contribution in [0.15, 0.2) is 72.8 Å². The molecule has 0 spiro atoms. The van der Waals surface area contributed by atoms with Gasteiger partial charge in [0.15, 0.2) is 0 Å². The maximum absolute atomic E-state index is 12.7. The third kappa shape index (κ3) is 7.40. The van der Waals surface area contributed by atoms with E-state index in [-0.39, 0.29) is 34.5 Å². The summed E-state index contributed by atoms with van der Waals surface area (Å²) in [5.74, 6) is 0. The van der Waals surface area contributed by atoms with Gasteiger partial charge in [0.25, 0.3) is 0 Å². The fourth-order valence-electron chi connectivity index (χ4n) is 6.49. The van der Waals surface area contributed by atoms with Crippen molar-refractivity contribution in [2.24, 2.45) is 0 Å². The van der Waals surface area contributed by atoms with E-state index >= 15 is 0 Å². The van der Waals surface area contributed by atoms with Crippen LogP contribution in [0.2, 0.25) is 0 Å². The predicted molar refractivity (Wildman–Crippen MR) is 185 cm³/mol. The van der Waals surface area contributed by atoms with Crippen molar-refractivity contribution in [3.63, 3.8) is 0 Å². The molecule has 1 aliphatic heterocycles. The van der Waals surface area contributed by atoms with Gasteiger partial charge in [0.2, 0.25) is 0 Å². The van der Waals surface area contributed by atoms with E-state index in [1.165, 1.54) is 33.4 Å². The van der Waals surface area contributed by atoms with Gasteiger partial charge in [0, 0.05) is 25.6 Å². The van der Waals surface area contributed by atoms with Crippen molar-refractivity contribution in [2.75, 3.05) is 13.1 Å². The molecule has 4 nitrogen and oxygen atoms in total. The Balaban J connectivity index is 1.88. The van der Waals surface area contributed by atoms with Crippen LogP contribution in [-0.2, 0) is 26.4 Å². The number of hydrogen-bond donors (Lipinski definition) is 2. The summed E-state index contributed by atoms with van der Waals surface area (Å²) in [6.45, 7) is 23.7. The van der Waals surface area contributed by atoms with Crippen LogP contribution in [-0.4, -0.2) is 31.3 Å². The van der Waals surface area contributed by atoms with E-state index in [1.807, 2.05) is 0 Å². The number of nitrogens with one attached hydrogen (secondary N) is 2. The lowest BCUT2D eigenvalue weighted by Crippen LogP contribution is -2.47. The van der Waals surface area contributed by atoms with E-state index in [9.17, 15) is 4.79 Å². The first kappa shape index (κ1) is 33.8. The molecule has 2 atom stereocenters.